The first-order valence-electron chi connectivity index (χ1n) is 5.89. The molecule has 6 heteroatoms. The molecule has 98 valence electrons. The molecule has 0 unspecified atom stereocenters. The smallest absolute Gasteiger partial charge is 0.257 e. The van der Waals surface area contributed by atoms with Crippen LogP contribution in [-0.4, -0.2) is 14.3 Å². The molecule has 0 saturated heterocycles. The molecule has 2 rings (SSSR count). The number of carbonyl (C=O) groups is 1. The molecule has 5 nitrogen and oxygen atoms in total. The zero-order chi connectivity index (χ0) is 13.2. The summed E-state index contributed by atoms with van der Waals surface area (Å²) in [5.41, 5.74) is 4.40. The molecule has 0 spiro atoms. The summed E-state index contributed by atoms with van der Waals surface area (Å²) in [5, 5.41) is 0. The van der Waals surface area contributed by atoms with Crippen LogP contribution in [0.2, 0.25) is 0 Å². The molecule has 0 fully saturated rings. The number of fused-ring (bicyclic) bond motifs is 1. The Labute approximate surface area is 107 Å². The van der Waals surface area contributed by atoms with Gasteiger partial charge in [0.05, 0.1) is 4.90 Å². The topological polar surface area (TPSA) is 75.3 Å². The number of nitrogens with one attached hydrogen (secondary N) is 2. The fourth-order valence-electron chi connectivity index (χ4n) is 2.07. The van der Waals surface area contributed by atoms with Crippen LogP contribution in [0.3, 0.4) is 0 Å². The van der Waals surface area contributed by atoms with E-state index in [-0.39, 0.29) is 4.90 Å². The fourth-order valence-corrected chi connectivity index (χ4v) is 3.02. The molecule has 0 radical (unpaired) electrons. The molecule has 18 heavy (non-hydrogen) atoms. The Morgan fingerprint density at radius 1 is 1.17 bits per heavy atom. The third-order valence-corrected chi connectivity index (χ3v) is 4.24. The predicted octanol–water partition coefficient (Wildman–Crippen LogP) is 0.895. The zero-order valence-corrected chi connectivity index (χ0v) is 11.0. The van der Waals surface area contributed by atoms with Crippen LogP contribution in [0.1, 0.15) is 30.9 Å². The standard InChI is InChI=1S/C12H16N2O3S/c1-9(15)13-14-18(16,17)12-7-6-10-4-2-3-5-11(10)8-12/h6-8,14H,2-5H2,1H3,(H,13,15). The van der Waals surface area contributed by atoms with E-state index in [4.69, 9.17) is 0 Å². The fraction of sp³-hybridized carbons (Fsp3) is 0.417. The number of hydrogen-bond acceptors (Lipinski definition) is 3. The van der Waals surface area contributed by atoms with E-state index in [9.17, 15) is 13.2 Å². The Balaban J connectivity index is 2.25. The van der Waals surface area contributed by atoms with Crippen LogP contribution in [0.4, 0.5) is 0 Å². The average molecular weight is 268 g/mol. The number of amides is 1. The Kier molecular flexibility index (Phi) is 3.68. The zero-order valence-electron chi connectivity index (χ0n) is 10.2. The minimum absolute atomic E-state index is 0.192. The summed E-state index contributed by atoms with van der Waals surface area (Å²) in [4.78, 5) is 13.0. The van der Waals surface area contributed by atoms with E-state index < -0.39 is 15.9 Å². The van der Waals surface area contributed by atoms with Crippen molar-refractivity contribution in [2.24, 2.45) is 0 Å². The van der Waals surface area contributed by atoms with Gasteiger partial charge < -0.3 is 0 Å². The summed E-state index contributed by atoms with van der Waals surface area (Å²) >= 11 is 0. The molecule has 0 bridgehead atoms. The SMILES string of the molecule is CC(=O)NNS(=O)(=O)c1ccc2c(c1)CCCC2. The van der Waals surface area contributed by atoms with Crippen LogP contribution in [-0.2, 0) is 27.7 Å². The van der Waals surface area contributed by atoms with E-state index in [2.05, 4.69) is 10.3 Å². The van der Waals surface area contributed by atoms with Crippen molar-refractivity contribution < 1.29 is 13.2 Å². The third-order valence-electron chi connectivity index (χ3n) is 2.99. The Hall–Kier alpha value is -1.40. The summed E-state index contributed by atoms with van der Waals surface area (Å²) in [6.45, 7) is 1.25. The summed E-state index contributed by atoms with van der Waals surface area (Å²) in [7, 11) is -3.67. The van der Waals surface area contributed by atoms with Gasteiger partial charge in [-0.3, -0.25) is 10.2 Å². The van der Waals surface area contributed by atoms with Gasteiger partial charge in [0.15, 0.2) is 0 Å². The number of hydrazine groups is 1. The maximum atomic E-state index is 11.9. The molecule has 2 N–H and O–H groups in total. The lowest BCUT2D eigenvalue weighted by Crippen LogP contribution is -2.40. The van der Waals surface area contributed by atoms with Crippen molar-refractivity contribution in [1.82, 2.24) is 10.3 Å². The molecule has 0 saturated carbocycles. The quantitative estimate of drug-likeness (QED) is 0.800. The molecule has 0 heterocycles. The van der Waals surface area contributed by atoms with Crippen molar-refractivity contribution in [3.63, 3.8) is 0 Å². The van der Waals surface area contributed by atoms with Crippen LogP contribution in [0, 0.1) is 0 Å². The highest BCUT2D eigenvalue weighted by Crippen LogP contribution is 2.23. The maximum absolute atomic E-state index is 11.9. The summed E-state index contributed by atoms with van der Waals surface area (Å²) in [5.74, 6) is -0.448. The van der Waals surface area contributed by atoms with E-state index in [1.807, 2.05) is 6.07 Å². The van der Waals surface area contributed by atoms with E-state index in [1.54, 1.807) is 12.1 Å². The molecular weight excluding hydrogens is 252 g/mol. The second kappa shape index (κ2) is 5.07. The third kappa shape index (κ3) is 2.88. The van der Waals surface area contributed by atoms with Crippen molar-refractivity contribution in [3.8, 4) is 0 Å². The molecule has 1 aromatic rings. The highest BCUT2D eigenvalue weighted by atomic mass is 32.2. The number of sulfonamides is 1. The van der Waals surface area contributed by atoms with Crippen molar-refractivity contribution in [1.29, 1.82) is 0 Å². The van der Waals surface area contributed by atoms with Gasteiger partial charge in [0.1, 0.15) is 0 Å². The van der Waals surface area contributed by atoms with Gasteiger partial charge in [-0.25, -0.2) is 8.42 Å². The normalized spacial score (nSPS) is 14.9. The molecule has 1 aliphatic rings. The molecule has 1 aromatic carbocycles. The molecule has 0 aliphatic heterocycles. The van der Waals surface area contributed by atoms with Crippen molar-refractivity contribution in [2.45, 2.75) is 37.5 Å². The van der Waals surface area contributed by atoms with Gasteiger partial charge in [-0.15, -0.1) is 4.83 Å². The predicted molar refractivity (Wildman–Crippen MR) is 67.2 cm³/mol. The minimum atomic E-state index is -3.67. The molecular formula is C12H16N2O3S. The minimum Gasteiger partial charge on any atom is -0.278 e. The molecule has 1 aliphatic carbocycles. The van der Waals surface area contributed by atoms with Gasteiger partial charge >= 0.3 is 0 Å². The Bertz CT molecular complexity index is 567. The van der Waals surface area contributed by atoms with Gasteiger partial charge in [-0.05, 0) is 48.9 Å². The van der Waals surface area contributed by atoms with Crippen LogP contribution < -0.4 is 10.3 Å². The number of carbonyl (C=O) groups excluding carboxylic acids is 1. The van der Waals surface area contributed by atoms with E-state index >= 15 is 0 Å². The van der Waals surface area contributed by atoms with Crippen molar-refractivity contribution in [2.75, 3.05) is 0 Å². The number of rotatable bonds is 3. The van der Waals surface area contributed by atoms with Gasteiger partial charge in [0.25, 0.3) is 10.0 Å². The van der Waals surface area contributed by atoms with Gasteiger partial charge in [-0.2, -0.15) is 0 Å². The first-order chi connectivity index (χ1) is 8.49. The summed E-state index contributed by atoms with van der Waals surface area (Å²) in [6, 6.07) is 5.13. The maximum Gasteiger partial charge on any atom is 0.257 e. The highest BCUT2D eigenvalue weighted by molar-refractivity contribution is 7.89. The van der Waals surface area contributed by atoms with Crippen molar-refractivity contribution in [3.05, 3.63) is 29.3 Å². The van der Waals surface area contributed by atoms with E-state index in [0.717, 1.165) is 31.2 Å². The number of hydrogen-bond donors (Lipinski definition) is 2. The second-order valence-corrected chi connectivity index (χ2v) is 6.11. The largest absolute Gasteiger partial charge is 0.278 e. The van der Waals surface area contributed by atoms with Crippen molar-refractivity contribution >= 4 is 15.9 Å². The highest BCUT2D eigenvalue weighted by Gasteiger charge is 2.17. The van der Waals surface area contributed by atoms with Crippen LogP contribution >= 0.6 is 0 Å². The average Bonchev–Trinajstić information content (AvgIpc) is 2.36. The van der Waals surface area contributed by atoms with Gasteiger partial charge in [0, 0.05) is 6.92 Å². The first kappa shape index (κ1) is 13.0. The molecule has 1 amide bonds. The Morgan fingerprint density at radius 3 is 2.50 bits per heavy atom. The lowest BCUT2D eigenvalue weighted by atomic mass is 9.92. The van der Waals surface area contributed by atoms with Crippen LogP contribution in [0.25, 0.3) is 0 Å². The van der Waals surface area contributed by atoms with E-state index in [1.165, 1.54) is 12.5 Å². The lowest BCUT2D eigenvalue weighted by Gasteiger charge is -2.16. The Morgan fingerprint density at radius 2 is 1.83 bits per heavy atom. The van der Waals surface area contributed by atoms with Crippen LogP contribution in [0.15, 0.2) is 23.1 Å². The van der Waals surface area contributed by atoms with Gasteiger partial charge in [0.2, 0.25) is 5.91 Å². The summed E-state index contributed by atoms with van der Waals surface area (Å²) < 4.78 is 23.8. The first-order valence-corrected chi connectivity index (χ1v) is 7.37. The summed E-state index contributed by atoms with van der Waals surface area (Å²) in [6.07, 6.45) is 4.17. The van der Waals surface area contributed by atoms with Gasteiger partial charge in [-0.1, -0.05) is 6.07 Å². The molecule has 0 aromatic heterocycles. The van der Waals surface area contributed by atoms with Crippen LogP contribution in [0.5, 0.6) is 0 Å². The second-order valence-electron chi connectivity index (χ2n) is 4.42. The molecule has 0 atom stereocenters. The number of aryl methyl sites for hydroxylation is 2. The van der Waals surface area contributed by atoms with E-state index in [0.29, 0.717) is 0 Å². The number of benzene rings is 1. The lowest BCUT2D eigenvalue weighted by molar-refractivity contribution is -0.119. The monoisotopic (exact) mass is 268 g/mol.